The van der Waals surface area contributed by atoms with Crippen molar-refractivity contribution in [2.24, 2.45) is 11.1 Å². The Morgan fingerprint density at radius 1 is 1.18 bits per heavy atom. The minimum absolute atomic E-state index is 0.222. The fourth-order valence-electron chi connectivity index (χ4n) is 5.89. The number of fused-ring (bicyclic) bond motifs is 2. The molecule has 0 unspecified atom stereocenters. The summed E-state index contributed by atoms with van der Waals surface area (Å²) in [6.07, 6.45) is 3.76. The Bertz CT molecular complexity index is 1140. The predicted octanol–water partition coefficient (Wildman–Crippen LogP) is 2.26. The number of anilines is 1. The van der Waals surface area contributed by atoms with Crippen LogP contribution in [0.1, 0.15) is 38.7 Å². The number of esters is 1. The van der Waals surface area contributed by atoms with Gasteiger partial charge in [0.1, 0.15) is 0 Å². The smallest absolute Gasteiger partial charge is 0.334 e. The summed E-state index contributed by atoms with van der Waals surface area (Å²) in [5, 5.41) is 2.99. The third-order valence-corrected chi connectivity index (χ3v) is 7.49. The number of primary amides is 1. The Kier molecular flexibility index (Phi) is 5.83. The number of benzene rings is 1. The number of allylic oxidation sites excluding steroid dienone is 1. The van der Waals surface area contributed by atoms with Crippen LogP contribution in [0.4, 0.5) is 5.69 Å². The summed E-state index contributed by atoms with van der Waals surface area (Å²) < 4.78 is 16.2. The van der Waals surface area contributed by atoms with E-state index in [-0.39, 0.29) is 5.91 Å². The van der Waals surface area contributed by atoms with Gasteiger partial charge in [0.15, 0.2) is 11.5 Å². The van der Waals surface area contributed by atoms with Gasteiger partial charge in [-0.05, 0) is 36.5 Å². The molecule has 3 N–H and O–H groups in total. The summed E-state index contributed by atoms with van der Waals surface area (Å²) in [6, 6.07) is 3.62. The lowest BCUT2D eigenvalue weighted by Crippen LogP contribution is -2.46. The van der Waals surface area contributed by atoms with Gasteiger partial charge in [-0.2, -0.15) is 0 Å². The number of ether oxygens (including phenoxy) is 3. The molecule has 9 heteroatoms. The van der Waals surface area contributed by atoms with Crippen molar-refractivity contribution in [3.8, 4) is 11.5 Å². The lowest BCUT2D eigenvalue weighted by molar-refractivity contribution is -0.137. The van der Waals surface area contributed by atoms with Gasteiger partial charge in [-0.1, -0.05) is 26.0 Å². The monoisotopic (exact) mass is 469 g/mol. The first-order chi connectivity index (χ1) is 16.1. The highest BCUT2D eigenvalue weighted by Crippen LogP contribution is 2.63. The number of carbonyl (C=O) groups is 3. The molecule has 9 nitrogen and oxygen atoms in total. The van der Waals surface area contributed by atoms with E-state index in [2.05, 4.69) is 5.32 Å². The Morgan fingerprint density at radius 2 is 1.91 bits per heavy atom. The van der Waals surface area contributed by atoms with Crippen LogP contribution < -0.4 is 20.5 Å². The third kappa shape index (κ3) is 3.17. The highest BCUT2D eigenvalue weighted by atomic mass is 16.5. The van der Waals surface area contributed by atoms with E-state index >= 15 is 0 Å². The number of hydrogen-bond donors (Lipinski definition) is 2. The molecule has 34 heavy (non-hydrogen) atoms. The summed E-state index contributed by atoms with van der Waals surface area (Å²) >= 11 is 0. The number of methoxy groups -OCH3 is 3. The molecular weight excluding hydrogens is 438 g/mol. The molecule has 2 amide bonds. The lowest BCUT2D eigenvalue weighted by atomic mass is 9.62. The second-order valence-electron chi connectivity index (χ2n) is 9.37. The van der Waals surface area contributed by atoms with Crippen LogP contribution in [0.25, 0.3) is 0 Å². The van der Waals surface area contributed by atoms with Crippen LogP contribution >= 0.6 is 0 Å². The molecule has 0 saturated carbocycles. The van der Waals surface area contributed by atoms with Crippen molar-refractivity contribution in [2.45, 2.75) is 38.5 Å². The minimum Gasteiger partial charge on any atom is -0.493 e. The molecule has 0 bridgehead atoms. The van der Waals surface area contributed by atoms with Crippen molar-refractivity contribution in [1.29, 1.82) is 0 Å². The number of rotatable bonds is 6. The van der Waals surface area contributed by atoms with Crippen LogP contribution in [-0.4, -0.2) is 57.1 Å². The maximum Gasteiger partial charge on any atom is 0.334 e. The largest absolute Gasteiger partial charge is 0.493 e. The van der Waals surface area contributed by atoms with Crippen molar-refractivity contribution in [3.63, 3.8) is 0 Å². The fourth-order valence-corrected chi connectivity index (χ4v) is 5.89. The first-order valence-electron chi connectivity index (χ1n) is 11.3. The van der Waals surface area contributed by atoms with Gasteiger partial charge in [0.05, 0.1) is 38.1 Å². The number of hydrogen-bond acceptors (Lipinski definition) is 7. The highest BCUT2D eigenvalue weighted by Gasteiger charge is 2.64. The molecular formula is C25H31N3O6. The molecule has 1 aliphatic carbocycles. The number of amides is 2. The summed E-state index contributed by atoms with van der Waals surface area (Å²) in [4.78, 5) is 40.8. The van der Waals surface area contributed by atoms with Gasteiger partial charge in [0, 0.05) is 24.1 Å². The van der Waals surface area contributed by atoms with Crippen LogP contribution in [0.3, 0.4) is 0 Å². The zero-order valence-corrected chi connectivity index (χ0v) is 20.2. The molecule has 0 aromatic heterocycles. The molecule has 0 radical (unpaired) electrons. The van der Waals surface area contributed by atoms with E-state index in [4.69, 9.17) is 19.9 Å². The normalized spacial score (nSPS) is 22.9. The molecule has 4 rings (SSSR count). The number of nitrogens with zero attached hydrogens (tertiary/aromatic N) is 1. The molecule has 2 heterocycles. The van der Waals surface area contributed by atoms with Crippen molar-refractivity contribution < 1.29 is 28.6 Å². The standard InChI is InChI=1S/C25H31N3O6/c1-24(2)18(22(30)34-5)14(13-28-11-7-6-8-16(28)21(26)29)12-25(24)15-9-10-17(32-3)20(33-4)19(15)27-23(25)31/h8-10H,6-7,11-13H2,1-5H3,(H2,26,29)(H,27,31)/t25-/m1/s1. The molecule has 1 aromatic carbocycles. The predicted molar refractivity (Wildman–Crippen MR) is 125 cm³/mol. The van der Waals surface area contributed by atoms with E-state index < -0.39 is 22.7 Å². The molecule has 3 aliphatic rings. The van der Waals surface area contributed by atoms with E-state index in [1.165, 1.54) is 21.3 Å². The Hall–Kier alpha value is -3.49. The number of nitrogens with one attached hydrogen (secondary N) is 1. The maximum atomic E-state index is 13.7. The molecule has 1 aromatic rings. The summed E-state index contributed by atoms with van der Waals surface area (Å²) in [7, 11) is 4.39. The van der Waals surface area contributed by atoms with Crippen LogP contribution in [0, 0.1) is 5.41 Å². The minimum atomic E-state index is -1.06. The Balaban J connectivity index is 1.86. The first kappa shape index (κ1) is 23.7. The first-order valence-corrected chi connectivity index (χ1v) is 11.3. The van der Waals surface area contributed by atoms with Gasteiger partial charge in [0.2, 0.25) is 5.91 Å². The quantitative estimate of drug-likeness (QED) is 0.613. The van der Waals surface area contributed by atoms with Crippen LogP contribution in [-0.2, 0) is 24.5 Å². The Labute approximate surface area is 198 Å². The van der Waals surface area contributed by atoms with Crippen LogP contribution in [0.5, 0.6) is 11.5 Å². The van der Waals surface area contributed by atoms with Crippen LogP contribution in [0.15, 0.2) is 35.1 Å². The van der Waals surface area contributed by atoms with Crippen molar-refractivity contribution in [2.75, 3.05) is 39.7 Å². The fraction of sp³-hybridized carbons (Fsp3) is 0.480. The third-order valence-electron chi connectivity index (χ3n) is 7.49. The van der Waals surface area contributed by atoms with E-state index in [1.54, 1.807) is 6.07 Å². The zero-order chi connectivity index (χ0) is 24.8. The summed E-state index contributed by atoms with van der Waals surface area (Å²) in [5.41, 5.74) is 6.57. The Morgan fingerprint density at radius 3 is 2.53 bits per heavy atom. The van der Waals surface area contributed by atoms with Crippen molar-refractivity contribution in [1.82, 2.24) is 4.90 Å². The lowest BCUT2D eigenvalue weighted by Gasteiger charge is -2.38. The average molecular weight is 470 g/mol. The topological polar surface area (TPSA) is 120 Å². The van der Waals surface area contributed by atoms with E-state index in [1.807, 2.05) is 30.9 Å². The molecule has 0 fully saturated rings. The molecule has 0 saturated heterocycles. The van der Waals surface area contributed by atoms with E-state index in [0.717, 1.165) is 24.0 Å². The molecule has 1 atom stereocenters. The van der Waals surface area contributed by atoms with Crippen LogP contribution in [0.2, 0.25) is 0 Å². The second kappa shape index (κ2) is 8.38. The summed E-state index contributed by atoms with van der Waals surface area (Å²) in [6.45, 7) is 4.71. The average Bonchev–Trinajstić information content (AvgIpc) is 3.23. The SMILES string of the molecule is COC(=O)C1=C(CN2CCCC=C2C(N)=O)C[C@@]2(C(=O)Nc3c2ccc(OC)c3OC)C1(C)C. The number of nitrogens with two attached hydrogens (primary N) is 1. The van der Waals surface area contributed by atoms with Gasteiger partial charge in [-0.15, -0.1) is 0 Å². The molecule has 2 aliphatic heterocycles. The maximum absolute atomic E-state index is 13.7. The van der Waals surface area contributed by atoms with Gasteiger partial charge in [-0.25, -0.2) is 4.79 Å². The van der Waals surface area contributed by atoms with Gasteiger partial charge >= 0.3 is 5.97 Å². The van der Waals surface area contributed by atoms with E-state index in [9.17, 15) is 14.4 Å². The van der Waals surface area contributed by atoms with Gasteiger partial charge in [-0.3, -0.25) is 9.59 Å². The zero-order valence-electron chi connectivity index (χ0n) is 20.2. The van der Waals surface area contributed by atoms with Crippen molar-refractivity contribution in [3.05, 3.63) is 40.6 Å². The molecule has 1 spiro atoms. The van der Waals surface area contributed by atoms with Gasteiger partial charge in [0.25, 0.3) is 5.91 Å². The number of carbonyl (C=O) groups excluding carboxylic acids is 3. The molecule has 182 valence electrons. The van der Waals surface area contributed by atoms with Crippen molar-refractivity contribution >= 4 is 23.5 Å². The van der Waals surface area contributed by atoms with E-state index in [0.29, 0.717) is 48.0 Å². The van der Waals surface area contributed by atoms with Gasteiger partial charge < -0.3 is 30.2 Å². The summed E-state index contributed by atoms with van der Waals surface area (Å²) in [5.74, 6) is -0.280. The second-order valence-corrected chi connectivity index (χ2v) is 9.37. The highest BCUT2D eigenvalue weighted by molar-refractivity contribution is 6.11.